The average Bonchev–Trinajstić information content (AvgIpc) is 2.80. The lowest BCUT2D eigenvalue weighted by molar-refractivity contribution is 0.273. The van der Waals surface area contributed by atoms with Crippen LogP contribution in [0.25, 0.3) is 0 Å². The summed E-state index contributed by atoms with van der Waals surface area (Å²) < 4.78 is 14.0. The maximum atomic E-state index is 14.0. The molecule has 118 valence electrons. The van der Waals surface area contributed by atoms with Crippen molar-refractivity contribution >= 4 is 0 Å². The Labute approximate surface area is 128 Å². The van der Waals surface area contributed by atoms with E-state index in [1.165, 1.54) is 13.0 Å². The molecular weight excluding hydrogens is 263 g/mol. The Hall–Kier alpha value is -0.930. The van der Waals surface area contributed by atoms with Crippen LogP contribution in [0.4, 0.5) is 4.39 Å². The molecule has 1 aromatic rings. The van der Waals surface area contributed by atoms with Crippen LogP contribution in [0.5, 0.6) is 0 Å². The number of benzene rings is 1. The molecule has 0 aliphatic carbocycles. The highest BCUT2D eigenvalue weighted by atomic mass is 19.1. The van der Waals surface area contributed by atoms with Crippen molar-refractivity contribution in [2.75, 3.05) is 26.2 Å². The Balaban J connectivity index is 1.96. The van der Waals surface area contributed by atoms with Crippen molar-refractivity contribution in [3.05, 3.63) is 35.6 Å². The van der Waals surface area contributed by atoms with Crippen LogP contribution in [0.2, 0.25) is 0 Å². The van der Waals surface area contributed by atoms with E-state index < -0.39 is 0 Å². The van der Waals surface area contributed by atoms with Gasteiger partial charge in [0.25, 0.3) is 0 Å². The van der Waals surface area contributed by atoms with E-state index >= 15 is 0 Å². The van der Waals surface area contributed by atoms with Crippen LogP contribution >= 0.6 is 0 Å². The predicted octanol–water partition coefficient (Wildman–Crippen LogP) is 3.99. The van der Waals surface area contributed by atoms with Crippen molar-refractivity contribution in [1.82, 2.24) is 10.2 Å². The third kappa shape index (κ3) is 4.79. The van der Waals surface area contributed by atoms with E-state index in [-0.39, 0.29) is 11.9 Å². The highest BCUT2D eigenvalue weighted by molar-refractivity contribution is 5.21. The van der Waals surface area contributed by atoms with Crippen LogP contribution in [-0.4, -0.2) is 31.1 Å². The van der Waals surface area contributed by atoms with Gasteiger partial charge in [-0.25, -0.2) is 4.39 Å². The molecule has 1 aliphatic rings. The molecule has 1 N–H and O–H groups in total. The molecule has 0 radical (unpaired) electrons. The topological polar surface area (TPSA) is 15.3 Å². The van der Waals surface area contributed by atoms with Gasteiger partial charge in [-0.15, -0.1) is 0 Å². The van der Waals surface area contributed by atoms with Crippen molar-refractivity contribution in [3.8, 4) is 0 Å². The molecular formula is C18H29FN2. The van der Waals surface area contributed by atoms with Crippen molar-refractivity contribution in [2.24, 2.45) is 5.41 Å². The molecule has 1 aliphatic heterocycles. The van der Waals surface area contributed by atoms with E-state index in [1.54, 1.807) is 12.1 Å². The first-order valence-electron chi connectivity index (χ1n) is 8.22. The first-order valence-corrected chi connectivity index (χ1v) is 8.22. The summed E-state index contributed by atoms with van der Waals surface area (Å²) in [6, 6.07) is 7.29. The van der Waals surface area contributed by atoms with E-state index in [1.807, 2.05) is 12.1 Å². The summed E-state index contributed by atoms with van der Waals surface area (Å²) in [5, 5.41) is 3.50. The van der Waals surface area contributed by atoms with Gasteiger partial charge in [0.05, 0.1) is 0 Å². The summed E-state index contributed by atoms with van der Waals surface area (Å²) in [5.74, 6) is -0.0899. The van der Waals surface area contributed by atoms with Crippen LogP contribution in [0, 0.1) is 11.2 Å². The quantitative estimate of drug-likeness (QED) is 0.817. The van der Waals surface area contributed by atoms with Crippen molar-refractivity contribution < 1.29 is 4.39 Å². The molecule has 0 spiro atoms. The molecule has 1 heterocycles. The molecule has 0 saturated carbocycles. The van der Waals surface area contributed by atoms with E-state index in [4.69, 9.17) is 0 Å². The molecule has 2 rings (SSSR count). The number of hydrogen-bond donors (Lipinski definition) is 1. The fraction of sp³-hybridized carbons (Fsp3) is 0.667. The molecule has 1 aromatic carbocycles. The molecule has 1 fully saturated rings. The van der Waals surface area contributed by atoms with Crippen LogP contribution < -0.4 is 5.32 Å². The maximum Gasteiger partial charge on any atom is 0.127 e. The third-order valence-corrected chi connectivity index (χ3v) is 4.41. The third-order valence-electron chi connectivity index (χ3n) is 4.41. The molecule has 1 unspecified atom stereocenters. The van der Waals surface area contributed by atoms with Gasteiger partial charge < -0.3 is 10.2 Å². The minimum absolute atomic E-state index is 0.0899. The predicted molar refractivity (Wildman–Crippen MR) is 86.9 cm³/mol. The number of rotatable bonds is 7. The summed E-state index contributed by atoms with van der Waals surface area (Å²) >= 11 is 0. The Kier molecular flexibility index (Phi) is 5.77. The van der Waals surface area contributed by atoms with Crippen LogP contribution in [0.1, 0.15) is 51.6 Å². The zero-order valence-corrected chi connectivity index (χ0v) is 13.7. The number of nitrogens with zero attached hydrogens (tertiary/aromatic N) is 1. The number of nitrogens with one attached hydrogen (secondary N) is 1. The zero-order valence-electron chi connectivity index (χ0n) is 13.7. The largest absolute Gasteiger partial charge is 0.310 e. The number of hydrogen-bond acceptors (Lipinski definition) is 2. The Bertz CT molecular complexity index is 445. The summed E-state index contributed by atoms with van der Waals surface area (Å²) in [4.78, 5) is 2.52. The van der Waals surface area contributed by atoms with E-state index in [0.29, 0.717) is 5.41 Å². The van der Waals surface area contributed by atoms with E-state index in [2.05, 4.69) is 31.0 Å². The smallest absolute Gasteiger partial charge is 0.127 e. The summed E-state index contributed by atoms with van der Waals surface area (Å²) in [7, 11) is 0. The maximum absolute atomic E-state index is 14.0. The minimum Gasteiger partial charge on any atom is -0.310 e. The highest BCUT2D eigenvalue weighted by Gasteiger charge is 2.29. The Morgan fingerprint density at radius 1 is 1.33 bits per heavy atom. The van der Waals surface area contributed by atoms with Crippen molar-refractivity contribution in [1.29, 1.82) is 0 Å². The normalized spacial score (nSPS) is 19.8. The fourth-order valence-corrected chi connectivity index (χ4v) is 3.17. The van der Waals surface area contributed by atoms with Gasteiger partial charge in [0.1, 0.15) is 5.82 Å². The monoisotopic (exact) mass is 292 g/mol. The van der Waals surface area contributed by atoms with Gasteiger partial charge in [-0.1, -0.05) is 39.0 Å². The van der Waals surface area contributed by atoms with Crippen LogP contribution in [-0.2, 0) is 0 Å². The summed E-state index contributed by atoms with van der Waals surface area (Å²) in [5.41, 5.74) is 1.24. The van der Waals surface area contributed by atoms with Crippen molar-refractivity contribution in [3.63, 3.8) is 0 Å². The Morgan fingerprint density at radius 2 is 2.10 bits per heavy atom. The van der Waals surface area contributed by atoms with Gasteiger partial charge in [-0.05, 0) is 50.4 Å². The molecule has 2 nitrogen and oxygen atoms in total. The lowest BCUT2D eigenvalue weighted by Crippen LogP contribution is -2.30. The zero-order chi connectivity index (χ0) is 15.3. The standard InChI is InChI=1S/C18H29FN2/c1-4-11-20-17(15-7-5-6-8-16(15)19)9-12-21-13-10-18(2,3)14-21/h5-8,17,20H,4,9-14H2,1-3H3. The second kappa shape index (κ2) is 7.37. The minimum atomic E-state index is -0.0899. The second-order valence-electron chi connectivity index (χ2n) is 7.01. The first kappa shape index (κ1) is 16.4. The van der Waals surface area contributed by atoms with Gasteiger partial charge in [-0.3, -0.25) is 0 Å². The Morgan fingerprint density at radius 3 is 2.71 bits per heavy atom. The van der Waals surface area contributed by atoms with E-state index in [9.17, 15) is 4.39 Å². The molecule has 3 heteroatoms. The number of halogens is 1. The summed E-state index contributed by atoms with van der Waals surface area (Å²) in [6.45, 7) is 11.1. The van der Waals surface area contributed by atoms with Crippen LogP contribution in [0.3, 0.4) is 0 Å². The highest BCUT2D eigenvalue weighted by Crippen LogP contribution is 2.29. The molecule has 0 amide bonds. The van der Waals surface area contributed by atoms with Gasteiger partial charge in [0, 0.05) is 18.2 Å². The first-order chi connectivity index (χ1) is 10.0. The second-order valence-corrected chi connectivity index (χ2v) is 7.01. The summed E-state index contributed by atoms with van der Waals surface area (Å²) in [6.07, 6.45) is 3.30. The van der Waals surface area contributed by atoms with Gasteiger partial charge in [0.15, 0.2) is 0 Å². The fourth-order valence-electron chi connectivity index (χ4n) is 3.17. The van der Waals surface area contributed by atoms with Gasteiger partial charge >= 0.3 is 0 Å². The average molecular weight is 292 g/mol. The van der Waals surface area contributed by atoms with Crippen molar-refractivity contribution in [2.45, 2.75) is 46.1 Å². The lowest BCUT2D eigenvalue weighted by atomic mass is 9.93. The molecule has 0 aromatic heterocycles. The molecule has 21 heavy (non-hydrogen) atoms. The molecule has 1 atom stereocenters. The van der Waals surface area contributed by atoms with Gasteiger partial charge in [0.2, 0.25) is 0 Å². The lowest BCUT2D eigenvalue weighted by Gasteiger charge is -2.24. The van der Waals surface area contributed by atoms with Crippen LogP contribution in [0.15, 0.2) is 24.3 Å². The van der Waals surface area contributed by atoms with Gasteiger partial charge in [-0.2, -0.15) is 0 Å². The molecule has 1 saturated heterocycles. The van der Waals surface area contributed by atoms with E-state index in [0.717, 1.165) is 38.0 Å². The molecule has 0 bridgehead atoms. The number of likely N-dealkylation sites (tertiary alicyclic amines) is 1. The SMILES string of the molecule is CCCNC(CCN1CCC(C)(C)C1)c1ccccc1F.